The molecule has 0 amide bonds. The van der Waals surface area contributed by atoms with Gasteiger partial charge in [-0.3, -0.25) is 0 Å². The number of ether oxygens (including phenoxy) is 1. The van der Waals surface area contributed by atoms with Crippen LogP contribution in [0.2, 0.25) is 0 Å². The summed E-state index contributed by atoms with van der Waals surface area (Å²) >= 11 is 0. The molecule has 0 radical (unpaired) electrons. The smallest absolute Gasteiger partial charge is 0.208 e. The van der Waals surface area contributed by atoms with Gasteiger partial charge in [-0.15, -0.1) is 0 Å². The van der Waals surface area contributed by atoms with Crippen LogP contribution in [0.25, 0.3) is 0 Å². The minimum Gasteiger partial charge on any atom is -0.445 e. The van der Waals surface area contributed by atoms with Gasteiger partial charge in [0.25, 0.3) is 0 Å². The lowest BCUT2D eigenvalue weighted by Gasteiger charge is -2.31. The topological polar surface area (TPSA) is 67.5 Å². The molecule has 0 saturated heterocycles. The van der Waals surface area contributed by atoms with Gasteiger partial charge in [0.2, 0.25) is 5.89 Å². The van der Waals surface area contributed by atoms with Crippen LogP contribution in [0.15, 0.2) is 10.6 Å². The number of aliphatic hydroxyl groups excluding tert-OH is 1. The summed E-state index contributed by atoms with van der Waals surface area (Å²) in [6.07, 6.45) is 7.67. The molecule has 3 atom stereocenters. The third-order valence-electron chi connectivity index (χ3n) is 4.19. The maximum atomic E-state index is 9.98. The van der Waals surface area contributed by atoms with E-state index < -0.39 is 6.10 Å². The van der Waals surface area contributed by atoms with Crippen LogP contribution in [0.3, 0.4) is 0 Å². The van der Waals surface area contributed by atoms with Crippen molar-refractivity contribution in [1.82, 2.24) is 10.3 Å². The van der Waals surface area contributed by atoms with Crippen LogP contribution in [0.1, 0.15) is 50.7 Å². The minimum atomic E-state index is -0.486. The largest absolute Gasteiger partial charge is 0.445 e. The number of hydrogen-bond acceptors (Lipinski definition) is 5. The SMILES string of the molecule is CCC1CCCCC1OCC(O)CNCc1ncc(C)o1. The molecule has 2 N–H and O–H groups in total. The number of nitrogens with one attached hydrogen (secondary N) is 1. The molecule has 1 aliphatic carbocycles. The summed E-state index contributed by atoms with van der Waals surface area (Å²) < 4.78 is 11.3. The molecular formula is C16H28N2O3. The number of hydrogen-bond donors (Lipinski definition) is 2. The van der Waals surface area contributed by atoms with E-state index in [4.69, 9.17) is 9.15 Å². The van der Waals surface area contributed by atoms with Gasteiger partial charge < -0.3 is 19.6 Å². The van der Waals surface area contributed by atoms with Crippen LogP contribution in [0, 0.1) is 12.8 Å². The van der Waals surface area contributed by atoms with Crippen LogP contribution >= 0.6 is 0 Å². The van der Waals surface area contributed by atoms with Gasteiger partial charge >= 0.3 is 0 Å². The van der Waals surface area contributed by atoms with Gasteiger partial charge in [-0.2, -0.15) is 0 Å². The first-order chi connectivity index (χ1) is 10.2. The standard InChI is InChI=1S/C16H28N2O3/c1-3-13-6-4-5-7-15(13)20-11-14(19)9-17-10-16-18-8-12(2)21-16/h8,13-15,17,19H,3-7,9-11H2,1-2H3. The van der Waals surface area contributed by atoms with E-state index in [1.807, 2.05) is 6.92 Å². The van der Waals surface area contributed by atoms with Crippen molar-refractivity contribution in [2.24, 2.45) is 5.92 Å². The first-order valence-electron chi connectivity index (χ1n) is 8.10. The van der Waals surface area contributed by atoms with E-state index in [1.165, 1.54) is 25.7 Å². The highest BCUT2D eigenvalue weighted by Gasteiger charge is 2.24. The molecule has 0 aromatic carbocycles. The molecule has 5 nitrogen and oxygen atoms in total. The van der Waals surface area contributed by atoms with Crippen LogP contribution in [0.4, 0.5) is 0 Å². The summed E-state index contributed by atoms with van der Waals surface area (Å²) in [6, 6.07) is 0. The Morgan fingerprint density at radius 1 is 1.48 bits per heavy atom. The van der Waals surface area contributed by atoms with Crippen LogP contribution in [-0.4, -0.2) is 35.5 Å². The molecule has 2 rings (SSSR count). The number of aliphatic hydroxyl groups is 1. The molecule has 1 aromatic heterocycles. The molecule has 1 fully saturated rings. The maximum Gasteiger partial charge on any atom is 0.208 e. The number of aryl methyl sites for hydroxylation is 1. The molecule has 1 aliphatic rings. The first kappa shape index (κ1) is 16.5. The summed E-state index contributed by atoms with van der Waals surface area (Å²) in [7, 11) is 0. The van der Waals surface area contributed by atoms with Crippen molar-refractivity contribution in [3.05, 3.63) is 17.8 Å². The number of nitrogens with zero attached hydrogens (tertiary/aromatic N) is 1. The van der Waals surface area contributed by atoms with Crippen LogP contribution in [-0.2, 0) is 11.3 Å². The predicted molar refractivity (Wildman–Crippen MR) is 80.9 cm³/mol. The van der Waals surface area contributed by atoms with Gasteiger partial charge in [-0.1, -0.05) is 26.2 Å². The summed E-state index contributed by atoms with van der Waals surface area (Å²) in [5.41, 5.74) is 0. The monoisotopic (exact) mass is 296 g/mol. The van der Waals surface area contributed by atoms with Crippen molar-refractivity contribution in [3.63, 3.8) is 0 Å². The second-order valence-electron chi connectivity index (χ2n) is 5.97. The Kier molecular flexibility index (Phi) is 6.67. The van der Waals surface area contributed by atoms with Crippen molar-refractivity contribution in [2.45, 2.75) is 64.7 Å². The van der Waals surface area contributed by atoms with Crippen molar-refractivity contribution in [3.8, 4) is 0 Å². The van der Waals surface area contributed by atoms with Crippen LogP contribution < -0.4 is 5.32 Å². The first-order valence-corrected chi connectivity index (χ1v) is 8.10. The van der Waals surface area contributed by atoms with E-state index >= 15 is 0 Å². The quantitative estimate of drug-likeness (QED) is 0.771. The molecule has 1 heterocycles. The average Bonchev–Trinajstić information content (AvgIpc) is 2.91. The lowest BCUT2D eigenvalue weighted by atomic mass is 9.85. The van der Waals surface area contributed by atoms with Gasteiger partial charge in [0.15, 0.2) is 0 Å². The number of aromatic nitrogens is 1. The fourth-order valence-electron chi connectivity index (χ4n) is 2.98. The molecule has 5 heteroatoms. The highest BCUT2D eigenvalue weighted by molar-refractivity contribution is 4.90. The second kappa shape index (κ2) is 8.51. The Bertz CT molecular complexity index is 408. The van der Waals surface area contributed by atoms with Crippen molar-refractivity contribution in [2.75, 3.05) is 13.2 Å². The third kappa shape index (κ3) is 5.41. The molecule has 21 heavy (non-hydrogen) atoms. The van der Waals surface area contributed by atoms with E-state index in [1.54, 1.807) is 6.20 Å². The van der Waals surface area contributed by atoms with E-state index in [0.717, 1.165) is 12.2 Å². The van der Waals surface area contributed by atoms with E-state index in [0.29, 0.717) is 37.6 Å². The zero-order valence-electron chi connectivity index (χ0n) is 13.2. The molecule has 3 unspecified atom stereocenters. The molecule has 0 bridgehead atoms. The maximum absolute atomic E-state index is 9.98. The third-order valence-corrected chi connectivity index (χ3v) is 4.19. The van der Waals surface area contributed by atoms with E-state index in [2.05, 4.69) is 17.2 Å². The summed E-state index contributed by atoms with van der Waals surface area (Å²) in [6.45, 7) is 5.52. The van der Waals surface area contributed by atoms with E-state index in [-0.39, 0.29) is 0 Å². The Balaban J connectivity index is 1.61. The van der Waals surface area contributed by atoms with Crippen molar-refractivity contribution in [1.29, 1.82) is 0 Å². The Labute approximate surface area is 127 Å². The zero-order chi connectivity index (χ0) is 15.1. The van der Waals surface area contributed by atoms with Crippen LogP contribution in [0.5, 0.6) is 0 Å². The Morgan fingerprint density at radius 2 is 2.29 bits per heavy atom. The normalized spacial score (nSPS) is 24.1. The summed E-state index contributed by atoms with van der Waals surface area (Å²) in [4.78, 5) is 4.11. The fraction of sp³-hybridized carbons (Fsp3) is 0.812. The Hall–Kier alpha value is -0.910. The predicted octanol–water partition coefficient (Wildman–Crippen LogP) is 2.42. The molecule has 0 aliphatic heterocycles. The van der Waals surface area contributed by atoms with Gasteiger partial charge in [0, 0.05) is 6.54 Å². The van der Waals surface area contributed by atoms with Gasteiger partial charge in [-0.25, -0.2) is 4.98 Å². The van der Waals surface area contributed by atoms with Gasteiger partial charge in [-0.05, 0) is 25.7 Å². The molecule has 1 saturated carbocycles. The Morgan fingerprint density at radius 3 is 3.00 bits per heavy atom. The zero-order valence-corrected chi connectivity index (χ0v) is 13.2. The lowest BCUT2D eigenvalue weighted by Crippen LogP contribution is -2.34. The van der Waals surface area contributed by atoms with Crippen molar-refractivity contribution >= 4 is 0 Å². The number of rotatable bonds is 8. The summed E-state index contributed by atoms with van der Waals surface area (Å²) in [5, 5.41) is 13.1. The molecule has 120 valence electrons. The number of oxazole rings is 1. The highest BCUT2D eigenvalue weighted by Crippen LogP contribution is 2.29. The van der Waals surface area contributed by atoms with Crippen molar-refractivity contribution < 1.29 is 14.3 Å². The average molecular weight is 296 g/mol. The van der Waals surface area contributed by atoms with Gasteiger partial charge in [0.05, 0.1) is 31.6 Å². The molecule has 1 aromatic rings. The fourth-order valence-corrected chi connectivity index (χ4v) is 2.98. The van der Waals surface area contributed by atoms with E-state index in [9.17, 15) is 5.11 Å². The lowest BCUT2D eigenvalue weighted by molar-refractivity contribution is -0.0500. The minimum absolute atomic E-state index is 0.327. The molecular weight excluding hydrogens is 268 g/mol. The van der Waals surface area contributed by atoms with Gasteiger partial charge in [0.1, 0.15) is 5.76 Å². The molecule has 0 spiro atoms. The highest BCUT2D eigenvalue weighted by atomic mass is 16.5. The second-order valence-corrected chi connectivity index (χ2v) is 5.97. The summed E-state index contributed by atoms with van der Waals surface area (Å²) in [5.74, 6) is 2.12.